The molecule has 0 heterocycles. The van der Waals surface area contributed by atoms with Gasteiger partial charge in [-0.05, 0) is 61.5 Å². The van der Waals surface area contributed by atoms with E-state index in [4.69, 9.17) is 16.3 Å². The molecule has 7 heteroatoms. The molecule has 3 aromatic rings. The van der Waals surface area contributed by atoms with Crippen molar-refractivity contribution in [2.45, 2.75) is 17.1 Å². The highest BCUT2D eigenvalue weighted by molar-refractivity contribution is 8.00. The molecule has 3 rings (SSSR count). The molecule has 0 bridgehead atoms. The first-order valence-electron chi connectivity index (χ1n) is 9.23. The van der Waals surface area contributed by atoms with Crippen LogP contribution in [0.1, 0.15) is 17.3 Å². The Morgan fingerprint density at radius 1 is 0.933 bits per heavy atom. The third-order valence-electron chi connectivity index (χ3n) is 4.20. The lowest BCUT2D eigenvalue weighted by atomic mass is 10.2. The van der Waals surface area contributed by atoms with E-state index in [2.05, 4.69) is 10.6 Å². The summed E-state index contributed by atoms with van der Waals surface area (Å²) in [6, 6.07) is 21.3. The van der Waals surface area contributed by atoms with Gasteiger partial charge < -0.3 is 15.4 Å². The molecule has 0 radical (unpaired) electrons. The van der Waals surface area contributed by atoms with Crippen LogP contribution in [0.5, 0.6) is 5.75 Å². The molecular formula is C23H21ClN2O3S. The summed E-state index contributed by atoms with van der Waals surface area (Å²) >= 11 is 7.36. The Morgan fingerprint density at radius 2 is 1.63 bits per heavy atom. The number of hydrogen-bond acceptors (Lipinski definition) is 4. The lowest BCUT2D eigenvalue weighted by molar-refractivity contribution is -0.115. The Kier molecular flexibility index (Phi) is 7.38. The number of hydrogen-bond donors (Lipinski definition) is 2. The van der Waals surface area contributed by atoms with E-state index in [9.17, 15) is 9.59 Å². The fourth-order valence-corrected chi connectivity index (χ4v) is 3.80. The van der Waals surface area contributed by atoms with E-state index in [1.165, 1.54) is 11.8 Å². The SMILES string of the molecule is COc1cccc(C(=O)Nc2cccc(SC(C)C(=O)Nc3cccc(Cl)c3)c2)c1. The van der Waals surface area contributed by atoms with Crippen molar-refractivity contribution in [2.75, 3.05) is 17.7 Å². The molecule has 0 spiro atoms. The molecule has 0 aliphatic heterocycles. The van der Waals surface area contributed by atoms with Gasteiger partial charge in [0.05, 0.1) is 12.4 Å². The Morgan fingerprint density at radius 3 is 2.37 bits per heavy atom. The molecule has 0 saturated carbocycles. The smallest absolute Gasteiger partial charge is 0.255 e. The number of benzene rings is 3. The molecule has 0 aliphatic carbocycles. The Hall–Kier alpha value is -2.96. The molecule has 1 atom stereocenters. The van der Waals surface area contributed by atoms with E-state index >= 15 is 0 Å². The fourth-order valence-electron chi connectivity index (χ4n) is 2.68. The molecule has 2 N–H and O–H groups in total. The zero-order valence-electron chi connectivity index (χ0n) is 16.5. The number of methoxy groups -OCH3 is 1. The average molecular weight is 441 g/mol. The van der Waals surface area contributed by atoms with Crippen LogP contribution in [-0.4, -0.2) is 24.2 Å². The predicted octanol–water partition coefficient (Wildman–Crippen LogP) is 5.72. The standard InChI is InChI=1S/C23H21ClN2O3S/c1-15(22(27)25-18-8-4-7-17(24)13-18)30-21-11-5-9-19(14-21)26-23(28)16-6-3-10-20(12-16)29-2/h3-15H,1-2H3,(H,25,27)(H,26,28). The number of ether oxygens (including phenoxy) is 1. The Labute approximate surface area is 184 Å². The lowest BCUT2D eigenvalue weighted by Crippen LogP contribution is -2.22. The zero-order valence-corrected chi connectivity index (χ0v) is 18.1. The largest absolute Gasteiger partial charge is 0.497 e. The Bertz CT molecular complexity index is 1060. The van der Waals surface area contributed by atoms with E-state index in [-0.39, 0.29) is 17.1 Å². The first-order chi connectivity index (χ1) is 14.4. The maximum absolute atomic E-state index is 12.5. The molecule has 30 heavy (non-hydrogen) atoms. The summed E-state index contributed by atoms with van der Waals surface area (Å²) in [5.74, 6) is 0.252. The number of rotatable bonds is 7. The summed E-state index contributed by atoms with van der Waals surface area (Å²) in [5.41, 5.74) is 1.80. The van der Waals surface area contributed by atoms with Gasteiger partial charge in [0.15, 0.2) is 0 Å². The number of anilines is 2. The summed E-state index contributed by atoms with van der Waals surface area (Å²) < 4.78 is 5.16. The van der Waals surface area contributed by atoms with Crippen molar-refractivity contribution in [1.29, 1.82) is 0 Å². The van der Waals surface area contributed by atoms with Gasteiger partial charge in [0.2, 0.25) is 5.91 Å². The van der Waals surface area contributed by atoms with Crippen LogP contribution in [0.15, 0.2) is 77.7 Å². The lowest BCUT2D eigenvalue weighted by Gasteiger charge is -2.13. The predicted molar refractivity (Wildman–Crippen MR) is 123 cm³/mol. The van der Waals surface area contributed by atoms with Gasteiger partial charge in [0, 0.05) is 26.9 Å². The van der Waals surface area contributed by atoms with Gasteiger partial charge in [-0.3, -0.25) is 9.59 Å². The molecule has 0 fully saturated rings. The number of carbonyl (C=O) groups excluding carboxylic acids is 2. The van der Waals surface area contributed by atoms with Crippen LogP contribution < -0.4 is 15.4 Å². The highest BCUT2D eigenvalue weighted by Gasteiger charge is 2.15. The molecule has 2 amide bonds. The summed E-state index contributed by atoms with van der Waals surface area (Å²) in [6.07, 6.45) is 0. The summed E-state index contributed by atoms with van der Waals surface area (Å²) in [5, 5.41) is 5.95. The van der Waals surface area contributed by atoms with Gasteiger partial charge in [-0.25, -0.2) is 0 Å². The van der Waals surface area contributed by atoms with Crippen LogP contribution in [0.25, 0.3) is 0 Å². The summed E-state index contributed by atoms with van der Waals surface area (Å²) in [6.45, 7) is 1.83. The first kappa shape index (κ1) is 21.7. The van der Waals surface area contributed by atoms with Gasteiger partial charge in [0.1, 0.15) is 5.75 Å². The second kappa shape index (κ2) is 10.2. The van der Waals surface area contributed by atoms with Crippen LogP contribution in [-0.2, 0) is 4.79 Å². The van der Waals surface area contributed by atoms with Crippen molar-refractivity contribution in [3.8, 4) is 5.75 Å². The van der Waals surface area contributed by atoms with Crippen LogP contribution in [0.2, 0.25) is 5.02 Å². The minimum atomic E-state index is -0.340. The van der Waals surface area contributed by atoms with Crippen molar-refractivity contribution in [3.63, 3.8) is 0 Å². The summed E-state index contributed by atoms with van der Waals surface area (Å²) in [4.78, 5) is 25.9. The fraction of sp³-hybridized carbons (Fsp3) is 0.130. The molecule has 0 aromatic heterocycles. The van der Waals surface area contributed by atoms with E-state index < -0.39 is 0 Å². The van der Waals surface area contributed by atoms with Crippen molar-refractivity contribution in [3.05, 3.63) is 83.4 Å². The minimum absolute atomic E-state index is 0.131. The topological polar surface area (TPSA) is 67.4 Å². The highest BCUT2D eigenvalue weighted by Crippen LogP contribution is 2.27. The zero-order chi connectivity index (χ0) is 21.5. The van der Waals surface area contributed by atoms with Gasteiger partial charge >= 0.3 is 0 Å². The second-order valence-corrected chi connectivity index (χ2v) is 8.32. The van der Waals surface area contributed by atoms with Gasteiger partial charge in [-0.2, -0.15) is 0 Å². The van der Waals surface area contributed by atoms with Gasteiger partial charge in [-0.15, -0.1) is 11.8 Å². The minimum Gasteiger partial charge on any atom is -0.497 e. The highest BCUT2D eigenvalue weighted by atomic mass is 35.5. The van der Waals surface area contributed by atoms with Gasteiger partial charge in [0.25, 0.3) is 5.91 Å². The maximum atomic E-state index is 12.5. The van der Waals surface area contributed by atoms with Crippen molar-refractivity contribution in [1.82, 2.24) is 0 Å². The molecular weight excluding hydrogens is 420 g/mol. The normalized spacial score (nSPS) is 11.4. The molecule has 154 valence electrons. The van der Waals surface area contributed by atoms with E-state index in [1.807, 2.05) is 25.1 Å². The quantitative estimate of drug-likeness (QED) is 0.461. The van der Waals surface area contributed by atoms with Crippen molar-refractivity contribution in [2.24, 2.45) is 0 Å². The first-order valence-corrected chi connectivity index (χ1v) is 10.5. The van der Waals surface area contributed by atoms with Crippen LogP contribution in [0.4, 0.5) is 11.4 Å². The third-order valence-corrected chi connectivity index (χ3v) is 5.53. The van der Waals surface area contributed by atoms with E-state index in [0.29, 0.717) is 27.7 Å². The number of halogens is 1. The van der Waals surface area contributed by atoms with E-state index in [1.54, 1.807) is 61.7 Å². The van der Waals surface area contributed by atoms with Crippen LogP contribution in [0, 0.1) is 0 Å². The van der Waals surface area contributed by atoms with Gasteiger partial charge in [-0.1, -0.05) is 29.8 Å². The third kappa shape index (κ3) is 6.02. The van der Waals surface area contributed by atoms with Crippen molar-refractivity contribution >= 4 is 46.6 Å². The number of carbonyl (C=O) groups is 2. The number of amides is 2. The van der Waals surface area contributed by atoms with E-state index in [0.717, 1.165) is 4.90 Å². The maximum Gasteiger partial charge on any atom is 0.255 e. The average Bonchev–Trinajstić information content (AvgIpc) is 2.74. The van der Waals surface area contributed by atoms with Crippen LogP contribution >= 0.6 is 23.4 Å². The molecule has 5 nitrogen and oxygen atoms in total. The summed E-state index contributed by atoms with van der Waals surface area (Å²) in [7, 11) is 1.56. The second-order valence-electron chi connectivity index (χ2n) is 6.47. The monoisotopic (exact) mass is 440 g/mol. The molecule has 3 aromatic carbocycles. The molecule has 1 unspecified atom stereocenters. The van der Waals surface area contributed by atoms with Crippen LogP contribution in [0.3, 0.4) is 0 Å². The number of nitrogens with one attached hydrogen (secondary N) is 2. The Balaban J connectivity index is 1.63. The molecule has 0 saturated heterocycles. The van der Waals surface area contributed by atoms with Crippen molar-refractivity contribution < 1.29 is 14.3 Å². The molecule has 0 aliphatic rings. The number of thioether (sulfide) groups is 1.